The molecule has 0 unspecified atom stereocenters. The van der Waals surface area contributed by atoms with Crippen LogP contribution in [0.15, 0.2) is 6.33 Å². The first kappa shape index (κ1) is 11.1. The van der Waals surface area contributed by atoms with Gasteiger partial charge in [-0.3, -0.25) is 5.32 Å². The van der Waals surface area contributed by atoms with Gasteiger partial charge in [-0.15, -0.1) is 0 Å². The van der Waals surface area contributed by atoms with E-state index in [0.29, 0.717) is 6.42 Å². The Morgan fingerprint density at radius 3 is 3.12 bits per heavy atom. The lowest BCUT2D eigenvalue weighted by Crippen LogP contribution is -2.56. The number of ether oxygens (including phenoxy) is 1. The van der Waals surface area contributed by atoms with Crippen LogP contribution in [0.2, 0.25) is 0 Å². The number of fused-ring (bicyclic) bond motifs is 1. The zero-order valence-electron chi connectivity index (χ0n) is 9.83. The van der Waals surface area contributed by atoms with Crippen molar-refractivity contribution in [3.63, 3.8) is 0 Å². The lowest BCUT2D eigenvalue weighted by Gasteiger charge is -2.37. The zero-order valence-corrected chi connectivity index (χ0v) is 9.83. The van der Waals surface area contributed by atoms with Crippen LogP contribution in [-0.4, -0.2) is 29.1 Å². The molecule has 88 valence electrons. The van der Waals surface area contributed by atoms with Crippen LogP contribution in [0.5, 0.6) is 0 Å². The Labute approximate surface area is 94.6 Å². The molecule has 1 aliphatic heterocycles. The molecule has 2 atom stereocenters. The molecule has 1 aromatic rings. The summed E-state index contributed by atoms with van der Waals surface area (Å²) >= 11 is 0. The molecular formula is C11H17N3O2. The number of methoxy groups -OCH3 is 1. The Hall–Kier alpha value is -1.36. The van der Waals surface area contributed by atoms with Crippen molar-refractivity contribution >= 4 is 5.97 Å². The van der Waals surface area contributed by atoms with Crippen LogP contribution < -0.4 is 5.32 Å². The SMILES string of the molecule is CC[C@]1(C(=O)OC)N[C@@H](C)Cc2[nH]cnc21. The van der Waals surface area contributed by atoms with E-state index in [0.717, 1.165) is 17.8 Å². The van der Waals surface area contributed by atoms with Crippen molar-refractivity contribution in [1.82, 2.24) is 15.3 Å². The highest BCUT2D eigenvalue weighted by molar-refractivity contribution is 5.82. The second-order valence-electron chi connectivity index (χ2n) is 4.23. The summed E-state index contributed by atoms with van der Waals surface area (Å²) in [6.45, 7) is 4.01. The number of carbonyl (C=O) groups is 1. The summed E-state index contributed by atoms with van der Waals surface area (Å²) in [6, 6.07) is 0.229. The van der Waals surface area contributed by atoms with Gasteiger partial charge in [0.1, 0.15) is 0 Å². The van der Waals surface area contributed by atoms with Gasteiger partial charge >= 0.3 is 5.97 Å². The van der Waals surface area contributed by atoms with Gasteiger partial charge in [0, 0.05) is 18.2 Å². The minimum atomic E-state index is -0.790. The standard InChI is InChI=1S/C11H17N3O2/c1-4-11(10(15)16-3)9-8(12-6-13-9)5-7(2)14-11/h6-7,14H,4-5H2,1-3H3,(H,12,13)/t7-,11-/m0/s1. The van der Waals surface area contributed by atoms with Gasteiger partial charge in [-0.2, -0.15) is 0 Å². The maximum atomic E-state index is 12.0. The maximum absolute atomic E-state index is 12.0. The normalized spacial score (nSPS) is 28.6. The van der Waals surface area contributed by atoms with Gasteiger partial charge in [-0.25, -0.2) is 9.78 Å². The molecule has 1 aromatic heterocycles. The second kappa shape index (κ2) is 3.90. The number of esters is 1. The second-order valence-corrected chi connectivity index (χ2v) is 4.23. The average molecular weight is 223 g/mol. The minimum Gasteiger partial charge on any atom is -0.467 e. The van der Waals surface area contributed by atoms with E-state index >= 15 is 0 Å². The van der Waals surface area contributed by atoms with Crippen molar-refractivity contribution in [2.75, 3.05) is 7.11 Å². The van der Waals surface area contributed by atoms with Crippen molar-refractivity contribution in [1.29, 1.82) is 0 Å². The molecular weight excluding hydrogens is 206 g/mol. The predicted octanol–water partition coefficient (Wildman–Crippen LogP) is 0.722. The molecule has 0 spiro atoms. The first-order chi connectivity index (χ1) is 7.64. The molecule has 2 rings (SSSR count). The van der Waals surface area contributed by atoms with Crippen LogP contribution in [0.4, 0.5) is 0 Å². The fourth-order valence-corrected chi connectivity index (χ4v) is 2.43. The molecule has 0 bridgehead atoms. The summed E-state index contributed by atoms with van der Waals surface area (Å²) in [5.41, 5.74) is 1.01. The Kier molecular flexibility index (Phi) is 2.71. The Morgan fingerprint density at radius 2 is 2.50 bits per heavy atom. The van der Waals surface area contributed by atoms with Gasteiger partial charge in [-0.05, 0) is 13.3 Å². The number of imidazole rings is 1. The third kappa shape index (κ3) is 1.43. The molecule has 0 radical (unpaired) electrons. The van der Waals surface area contributed by atoms with E-state index in [1.807, 2.05) is 6.92 Å². The monoisotopic (exact) mass is 223 g/mol. The van der Waals surface area contributed by atoms with E-state index in [2.05, 4.69) is 22.2 Å². The summed E-state index contributed by atoms with van der Waals surface area (Å²) in [5.74, 6) is -0.269. The molecule has 0 saturated carbocycles. The van der Waals surface area contributed by atoms with Crippen molar-refractivity contribution in [2.24, 2.45) is 0 Å². The molecule has 2 N–H and O–H groups in total. The number of aromatic amines is 1. The van der Waals surface area contributed by atoms with Gasteiger partial charge in [0.15, 0.2) is 5.54 Å². The third-order valence-electron chi connectivity index (χ3n) is 3.19. The van der Waals surface area contributed by atoms with E-state index in [-0.39, 0.29) is 12.0 Å². The van der Waals surface area contributed by atoms with Gasteiger partial charge in [0.05, 0.1) is 19.1 Å². The molecule has 16 heavy (non-hydrogen) atoms. The molecule has 2 heterocycles. The highest BCUT2D eigenvalue weighted by Gasteiger charge is 2.46. The molecule has 0 saturated heterocycles. The molecule has 0 aromatic carbocycles. The molecule has 0 amide bonds. The largest absolute Gasteiger partial charge is 0.467 e. The Balaban J connectivity index is 2.51. The smallest absolute Gasteiger partial charge is 0.332 e. The molecule has 5 heteroatoms. The minimum absolute atomic E-state index is 0.229. The summed E-state index contributed by atoms with van der Waals surface area (Å²) in [4.78, 5) is 19.4. The maximum Gasteiger partial charge on any atom is 0.332 e. The van der Waals surface area contributed by atoms with Crippen molar-refractivity contribution in [2.45, 2.75) is 38.3 Å². The van der Waals surface area contributed by atoms with E-state index in [9.17, 15) is 4.79 Å². The number of nitrogens with zero attached hydrogens (tertiary/aromatic N) is 1. The molecule has 0 fully saturated rings. The number of hydrogen-bond donors (Lipinski definition) is 2. The molecule has 1 aliphatic rings. The van der Waals surface area contributed by atoms with Gasteiger partial charge in [0.2, 0.25) is 0 Å². The Bertz CT molecular complexity index is 402. The topological polar surface area (TPSA) is 67.0 Å². The quantitative estimate of drug-likeness (QED) is 0.725. The first-order valence-electron chi connectivity index (χ1n) is 5.53. The van der Waals surface area contributed by atoms with Gasteiger partial charge in [-0.1, -0.05) is 6.92 Å². The number of H-pyrrole nitrogens is 1. The summed E-state index contributed by atoms with van der Waals surface area (Å²) in [5, 5.41) is 3.32. The van der Waals surface area contributed by atoms with Crippen LogP contribution in [0.3, 0.4) is 0 Å². The fourth-order valence-electron chi connectivity index (χ4n) is 2.43. The van der Waals surface area contributed by atoms with E-state index in [1.54, 1.807) is 6.33 Å². The summed E-state index contributed by atoms with van der Waals surface area (Å²) < 4.78 is 4.90. The van der Waals surface area contributed by atoms with E-state index in [1.165, 1.54) is 7.11 Å². The fraction of sp³-hybridized carbons (Fsp3) is 0.636. The number of hydrogen-bond acceptors (Lipinski definition) is 4. The van der Waals surface area contributed by atoms with Crippen LogP contribution in [0, 0.1) is 0 Å². The van der Waals surface area contributed by atoms with Crippen LogP contribution in [-0.2, 0) is 21.5 Å². The highest BCUT2D eigenvalue weighted by Crippen LogP contribution is 2.32. The van der Waals surface area contributed by atoms with E-state index < -0.39 is 5.54 Å². The zero-order chi connectivity index (χ0) is 11.8. The van der Waals surface area contributed by atoms with Crippen molar-refractivity contribution in [3.8, 4) is 0 Å². The van der Waals surface area contributed by atoms with E-state index in [4.69, 9.17) is 4.74 Å². The van der Waals surface area contributed by atoms with Gasteiger partial charge in [0.25, 0.3) is 0 Å². The van der Waals surface area contributed by atoms with Crippen LogP contribution in [0.25, 0.3) is 0 Å². The number of carbonyl (C=O) groups excluding carboxylic acids is 1. The third-order valence-corrected chi connectivity index (χ3v) is 3.19. The lowest BCUT2D eigenvalue weighted by atomic mass is 9.84. The van der Waals surface area contributed by atoms with Crippen LogP contribution in [0.1, 0.15) is 31.7 Å². The van der Waals surface area contributed by atoms with Crippen LogP contribution >= 0.6 is 0 Å². The number of nitrogens with one attached hydrogen (secondary N) is 2. The average Bonchev–Trinajstić information content (AvgIpc) is 2.74. The predicted molar refractivity (Wildman–Crippen MR) is 58.9 cm³/mol. The van der Waals surface area contributed by atoms with Gasteiger partial charge < -0.3 is 9.72 Å². The van der Waals surface area contributed by atoms with Crippen molar-refractivity contribution in [3.05, 3.63) is 17.7 Å². The summed E-state index contributed by atoms with van der Waals surface area (Å²) in [6.07, 6.45) is 3.12. The molecule has 5 nitrogen and oxygen atoms in total. The number of aromatic nitrogens is 2. The van der Waals surface area contributed by atoms with Crippen molar-refractivity contribution < 1.29 is 9.53 Å². The highest BCUT2D eigenvalue weighted by atomic mass is 16.5. The lowest BCUT2D eigenvalue weighted by molar-refractivity contribution is -0.150. The molecule has 0 aliphatic carbocycles. The number of rotatable bonds is 2. The summed E-state index contributed by atoms with van der Waals surface area (Å²) in [7, 11) is 1.41. The Morgan fingerprint density at radius 1 is 1.75 bits per heavy atom. The first-order valence-corrected chi connectivity index (χ1v) is 5.53.